The van der Waals surface area contributed by atoms with E-state index in [1.165, 1.54) is 13.0 Å². The highest BCUT2D eigenvalue weighted by molar-refractivity contribution is 6.31. The van der Waals surface area contributed by atoms with Crippen molar-refractivity contribution in [2.75, 3.05) is 13.7 Å². The van der Waals surface area contributed by atoms with Crippen molar-refractivity contribution in [1.29, 1.82) is 0 Å². The van der Waals surface area contributed by atoms with Crippen molar-refractivity contribution in [2.24, 2.45) is 0 Å². The number of aliphatic hydroxyl groups excluding tert-OH is 4. The number of carbonyl (C=O) groups is 2. The second-order valence-corrected chi connectivity index (χ2v) is 7.97. The van der Waals surface area contributed by atoms with E-state index >= 15 is 0 Å². The van der Waals surface area contributed by atoms with Gasteiger partial charge in [0.15, 0.2) is 28.8 Å². The van der Waals surface area contributed by atoms with Gasteiger partial charge >= 0.3 is 0 Å². The van der Waals surface area contributed by atoms with E-state index in [1.54, 1.807) is 0 Å². The number of aryl methyl sites for hydroxylation is 1. The van der Waals surface area contributed by atoms with Crippen molar-refractivity contribution in [3.63, 3.8) is 0 Å². The molecular weight excluding hydrogens is 456 g/mol. The minimum Gasteiger partial charge on any atom is -0.504 e. The van der Waals surface area contributed by atoms with E-state index < -0.39 is 83.0 Å². The van der Waals surface area contributed by atoms with Crippen LogP contribution in [-0.2, 0) is 4.74 Å². The van der Waals surface area contributed by atoms with Gasteiger partial charge in [-0.3, -0.25) is 9.59 Å². The molecule has 182 valence electrons. The molecule has 0 bridgehead atoms. The summed E-state index contributed by atoms with van der Waals surface area (Å²) in [7, 11) is 1.14. The van der Waals surface area contributed by atoms with Crippen molar-refractivity contribution in [1.82, 2.24) is 0 Å². The molecule has 0 aromatic heterocycles. The minimum absolute atomic E-state index is 0.139. The fraction of sp³-hybridized carbons (Fsp3) is 0.364. The summed E-state index contributed by atoms with van der Waals surface area (Å²) in [6.45, 7) is 0.716. The summed E-state index contributed by atoms with van der Waals surface area (Å²) >= 11 is 0. The number of benzene rings is 2. The number of hydrogen-bond donors (Lipinski definition) is 7. The molecule has 4 rings (SSSR count). The third-order valence-corrected chi connectivity index (χ3v) is 5.91. The number of phenolic OH excluding ortho intramolecular Hbond substituents is 3. The fourth-order valence-electron chi connectivity index (χ4n) is 4.14. The van der Waals surface area contributed by atoms with Gasteiger partial charge in [0.05, 0.1) is 24.8 Å². The molecule has 1 aliphatic heterocycles. The van der Waals surface area contributed by atoms with Crippen molar-refractivity contribution < 1.29 is 59.5 Å². The lowest BCUT2D eigenvalue weighted by Crippen LogP contribution is -2.60. The Balaban J connectivity index is 1.80. The van der Waals surface area contributed by atoms with E-state index in [0.717, 1.165) is 13.2 Å². The number of ether oxygens (including phenoxy) is 3. The number of rotatable bonds is 4. The van der Waals surface area contributed by atoms with Gasteiger partial charge in [0.1, 0.15) is 24.4 Å². The Labute approximate surface area is 191 Å². The van der Waals surface area contributed by atoms with Crippen molar-refractivity contribution >= 4 is 11.6 Å². The van der Waals surface area contributed by atoms with Crippen LogP contribution in [0.2, 0.25) is 0 Å². The van der Waals surface area contributed by atoms with Gasteiger partial charge in [0, 0.05) is 11.1 Å². The van der Waals surface area contributed by atoms with E-state index in [9.17, 15) is 45.3 Å². The summed E-state index contributed by atoms with van der Waals surface area (Å²) in [4.78, 5) is 26.3. The second kappa shape index (κ2) is 8.42. The van der Waals surface area contributed by atoms with Crippen LogP contribution >= 0.6 is 0 Å². The van der Waals surface area contributed by atoms with E-state index in [4.69, 9.17) is 14.2 Å². The molecule has 34 heavy (non-hydrogen) atoms. The number of phenols is 3. The lowest BCUT2D eigenvalue weighted by Gasteiger charge is -2.39. The van der Waals surface area contributed by atoms with Gasteiger partial charge in [-0.2, -0.15) is 0 Å². The number of hydrogen-bond acceptors (Lipinski definition) is 12. The molecule has 0 saturated carbocycles. The van der Waals surface area contributed by atoms with Crippen LogP contribution in [0.1, 0.15) is 37.4 Å². The summed E-state index contributed by atoms with van der Waals surface area (Å²) in [5, 5.41) is 70.9. The smallest absolute Gasteiger partial charge is 0.229 e. The number of carbonyl (C=O) groups excluding carboxylic acids is 2. The van der Waals surface area contributed by atoms with Gasteiger partial charge in [0.25, 0.3) is 0 Å². The lowest BCUT2D eigenvalue weighted by atomic mass is 9.81. The Morgan fingerprint density at radius 3 is 2.06 bits per heavy atom. The van der Waals surface area contributed by atoms with Crippen LogP contribution in [0.5, 0.6) is 28.7 Å². The zero-order chi connectivity index (χ0) is 25.1. The summed E-state index contributed by atoms with van der Waals surface area (Å²) in [5.41, 5.74) is -1.39. The topological polar surface area (TPSA) is 203 Å². The molecule has 1 aliphatic carbocycles. The summed E-state index contributed by atoms with van der Waals surface area (Å²) in [5.74, 6) is -4.70. The number of aromatic hydroxyl groups is 3. The lowest BCUT2D eigenvalue weighted by molar-refractivity contribution is -0.277. The first-order chi connectivity index (χ1) is 16.0. The largest absolute Gasteiger partial charge is 0.504 e. The molecule has 1 heterocycles. The van der Waals surface area contributed by atoms with Crippen molar-refractivity contribution in [3.05, 3.63) is 39.9 Å². The van der Waals surface area contributed by atoms with Crippen LogP contribution in [0.25, 0.3) is 0 Å². The maximum Gasteiger partial charge on any atom is 0.229 e. The first kappa shape index (κ1) is 23.7. The molecule has 0 unspecified atom stereocenters. The monoisotopic (exact) mass is 478 g/mol. The highest BCUT2D eigenvalue weighted by Crippen LogP contribution is 2.48. The molecule has 1 saturated heterocycles. The standard InChI is InChI=1S/C22H22O12/c1-6-3-7-11(15(27)12-8(13(7)25)4-9(24)21(32-2)17(12)29)16(28)20(6)34-22-19(31)18(30)14(26)10(5-23)33-22/h3-4,10,14,18-19,22-24,26,28-31H,5H2,1-2H3/t10-,14-,18+,19-,22+/m0/s1. The Hall–Kier alpha value is -3.42. The molecule has 1 fully saturated rings. The molecule has 2 aliphatic rings. The first-order valence-corrected chi connectivity index (χ1v) is 10.1. The van der Waals surface area contributed by atoms with Gasteiger partial charge < -0.3 is 50.0 Å². The predicted molar refractivity (Wildman–Crippen MR) is 110 cm³/mol. The molecule has 12 nitrogen and oxygen atoms in total. The average molecular weight is 478 g/mol. The Morgan fingerprint density at radius 2 is 1.47 bits per heavy atom. The molecule has 2 aromatic carbocycles. The molecule has 12 heteroatoms. The average Bonchev–Trinajstić information content (AvgIpc) is 2.79. The Bertz CT molecular complexity index is 1190. The number of ketones is 2. The number of fused-ring (bicyclic) bond motifs is 2. The molecule has 2 aromatic rings. The molecular formula is C22H22O12. The highest BCUT2D eigenvalue weighted by Gasteiger charge is 2.46. The van der Waals surface area contributed by atoms with Crippen LogP contribution in [0.15, 0.2) is 12.1 Å². The van der Waals surface area contributed by atoms with Crippen molar-refractivity contribution in [2.45, 2.75) is 37.6 Å². The predicted octanol–water partition coefficient (Wildman–Crippen LogP) is -0.925. The molecule has 5 atom stereocenters. The summed E-state index contributed by atoms with van der Waals surface area (Å²) < 4.78 is 15.7. The van der Waals surface area contributed by atoms with Gasteiger partial charge in [-0.25, -0.2) is 0 Å². The van der Waals surface area contributed by atoms with E-state index in [2.05, 4.69) is 0 Å². The Kier molecular flexibility index (Phi) is 5.87. The van der Waals surface area contributed by atoms with Crippen LogP contribution in [-0.4, -0.2) is 91.7 Å². The van der Waals surface area contributed by atoms with Gasteiger partial charge in [-0.1, -0.05) is 0 Å². The summed E-state index contributed by atoms with van der Waals surface area (Å²) in [6.07, 6.45) is -8.12. The third-order valence-electron chi connectivity index (χ3n) is 5.91. The zero-order valence-corrected chi connectivity index (χ0v) is 17.9. The maximum absolute atomic E-state index is 13.2. The number of methoxy groups -OCH3 is 1. The van der Waals surface area contributed by atoms with Crippen LogP contribution in [0.3, 0.4) is 0 Å². The molecule has 7 N–H and O–H groups in total. The minimum atomic E-state index is -1.79. The van der Waals surface area contributed by atoms with Crippen LogP contribution in [0, 0.1) is 6.92 Å². The van der Waals surface area contributed by atoms with Crippen LogP contribution < -0.4 is 9.47 Å². The van der Waals surface area contributed by atoms with Crippen LogP contribution in [0.4, 0.5) is 0 Å². The van der Waals surface area contributed by atoms with E-state index in [1.807, 2.05) is 0 Å². The Morgan fingerprint density at radius 1 is 0.882 bits per heavy atom. The SMILES string of the molecule is COc1c(O)cc2c(c1O)C(=O)c1c(cc(C)c(O[C@H]3O[C@@H](CO)[C@H](O)[C@@H](O)[C@@H]3O)c1O)C2=O. The number of aliphatic hydroxyl groups is 4. The fourth-order valence-corrected chi connectivity index (χ4v) is 4.14. The molecule has 0 spiro atoms. The second-order valence-electron chi connectivity index (χ2n) is 7.97. The molecule has 0 amide bonds. The quantitative estimate of drug-likeness (QED) is 0.243. The van der Waals surface area contributed by atoms with Crippen molar-refractivity contribution in [3.8, 4) is 28.7 Å². The van der Waals surface area contributed by atoms with E-state index in [0.29, 0.717) is 0 Å². The third kappa shape index (κ3) is 3.35. The molecule has 0 radical (unpaired) electrons. The van der Waals surface area contributed by atoms with Gasteiger partial charge in [0.2, 0.25) is 17.8 Å². The van der Waals surface area contributed by atoms with E-state index in [-0.39, 0.29) is 22.4 Å². The van der Waals surface area contributed by atoms with Gasteiger partial charge in [-0.05, 0) is 24.6 Å². The highest BCUT2D eigenvalue weighted by atomic mass is 16.7. The van der Waals surface area contributed by atoms with Gasteiger partial charge in [-0.15, -0.1) is 0 Å². The first-order valence-electron chi connectivity index (χ1n) is 10.1. The maximum atomic E-state index is 13.2. The normalized spacial score (nSPS) is 26.1. The zero-order valence-electron chi connectivity index (χ0n) is 17.9. The summed E-state index contributed by atoms with van der Waals surface area (Å²) in [6, 6.07) is 2.21.